The molecule has 0 spiro atoms. The molecule has 0 saturated carbocycles. The summed E-state index contributed by atoms with van der Waals surface area (Å²) in [5.74, 6) is -1.28. The fraction of sp³-hybridized carbons (Fsp3) is 0.409. The highest BCUT2D eigenvalue weighted by Crippen LogP contribution is 2.29. The topological polar surface area (TPSA) is 57.5 Å². The molecule has 0 aromatic heterocycles. The van der Waals surface area contributed by atoms with Crippen LogP contribution in [0.1, 0.15) is 66.5 Å². The van der Waals surface area contributed by atoms with Crippen LogP contribution in [0.2, 0.25) is 0 Å². The number of hydrogen-bond acceptors (Lipinski definition) is 2. The van der Waals surface area contributed by atoms with Gasteiger partial charge in [-0.15, -0.1) is 0 Å². The smallest absolute Gasteiger partial charge is 0.345 e. The van der Waals surface area contributed by atoms with Crippen LogP contribution in [0.25, 0.3) is 0 Å². The summed E-state index contributed by atoms with van der Waals surface area (Å²) in [7, 11) is 0. The second-order valence-electron chi connectivity index (χ2n) is 3.75. The molecule has 0 heterocycles. The Kier molecular flexibility index (Phi) is 20.2. The average molecular weight is 349 g/mol. The van der Waals surface area contributed by atoms with E-state index >= 15 is 0 Å². The Hall–Kier alpha value is -2.13. The molecule has 0 aliphatic carbocycles. The number of hydrogen-bond donors (Lipinski definition) is 2. The molecule has 0 atom stereocenters. The van der Waals surface area contributed by atoms with Crippen molar-refractivity contribution in [2.75, 3.05) is 0 Å². The van der Waals surface area contributed by atoms with Crippen LogP contribution in [0.4, 0.5) is 0 Å². The van der Waals surface area contributed by atoms with Crippen molar-refractivity contribution in [1.82, 2.24) is 0 Å². The van der Waals surface area contributed by atoms with E-state index in [1.165, 1.54) is 0 Å². The summed E-state index contributed by atoms with van der Waals surface area (Å²) in [6.07, 6.45) is 0. The Morgan fingerprint density at radius 1 is 0.640 bits per heavy atom. The van der Waals surface area contributed by atoms with E-state index in [9.17, 15) is 15.0 Å². The van der Waals surface area contributed by atoms with Gasteiger partial charge in [0, 0.05) is 0 Å². The van der Waals surface area contributed by atoms with Crippen molar-refractivity contribution in [3.63, 3.8) is 0 Å². The predicted octanol–water partition coefficient (Wildman–Crippen LogP) is 6.11. The summed E-state index contributed by atoms with van der Waals surface area (Å²) >= 11 is 0. The van der Waals surface area contributed by atoms with E-state index in [-0.39, 0.29) is 0 Å². The monoisotopic (exact) mass is 348 g/mol. The minimum Gasteiger partial charge on any atom is -0.479 e. The molecule has 2 N–H and O–H groups in total. The number of carboxylic acid groups (broad SMARTS) is 1. The Labute approximate surface area is 154 Å². The third-order valence-corrected chi connectivity index (χ3v) is 2.69. The normalized spacial score (nSPS) is 8.52. The average Bonchev–Trinajstić information content (AvgIpc) is 2.74. The van der Waals surface area contributed by atoms with Crippen molar-refractivity contribution in [1.29, 1.82) is 0 Å². The maximum Gasteiger partial charge on any atom is 0.345 e. The van der Waals surface area contributed by atoms with Gasteiger partial charge in [0.15, 0.2) is 0 Å². The largest absolute Gasteiger partial charge is 0.479 e. The molecular weight excluding hydrogens is 312 g/mol. The second kappa shape index (κ2) is 18.2. The number of benzene rings is 2. The number of rotatable bonds is 3. The van der Waals surface area contributed by atoms with E-state index in [0.717, 1.165) is 0 Å². The third-order valence-electron chi connectivity index (χ3n) is 2.69. The lowest BCUT2D eigenvalue weighted by Gasteiger charge is -2.24. The van der Waals surface area contributed by atoms with Gasteiger partial charge in [-0.3, -0.25) is 0 Å². The Morgan fingerprint density at radius 3 is 1.08 bits per heavy atom. The minimum atomic E-state index is -2.00. The molecule has 142 valence electrons. The Morgan fingerprint density at radius 2 is 0.880 bits per heavy atom. The van der Waals surface area contributed by atoms with Crippen LogP contribution in [-0.4, -0.2) is 16.2 Å². The van der Waals surface area contributed by atoms with Crippen molar-refractivity contribution < 1.29 is 15.0 Å². The Balaban J connectivity index is -0.000000533. The van der Waals surface area contributed by atoms with E-state index in [1.54, 1.807) is 60.7 Å². The van der Waals surface area contributed by atoms with Gasteiger partial charge in [0.1, 0.15) is 0 Å². The Bertz CT molecular complexity index is 468. The van der Waals surface area contributed by atoms with Crippen LogP contribution in [-0.2, 0) is 10.4 Å². The van der Waals surface area contributed by atoms with Gasteiger partial charge in [0.25, 0.3) is 0 Å². The first-order valence-corrected chi connectivity index (χ1v) is 9.22. The molecule has 2 rings (SSSR count). The SMILES string of the molecule is CC.CC.CC.CC.O=C(O)C(O)(c1ccccc1)c1ccccc1. The zero-order valence-corrected chi connectivity index (χ0v) is 17.1. The molecule has 3 nitrogen and oxygen atoms in total. The lowest BCUT2D eigenvalue weighted by atomic mass is 9.86. The van der Waals surface area contributed by atoms with Crippen LogP contribution in [0.15, 0.2) is 60.7 Å². The molecule has 0 bridgehead atoms. The van der Waals surface area contributed by atoms with Crippen molar-refractivity contribution in [2.24, 2.45) is 0 Å². The molecule has 2 aromatic carbocycles. The molecule has 3 heteroatoms. The lowest BCUT2D eigenvalue weighted by Crippen LogP contribution is -2.36. The quantitative estimate of drug-likeness (QED) is 0.703. The summed E-state index contributed by atoms with van der Waals surface area (Å²) in [5, 5.41) is 19.7. The molecule has 0 amide bonds. The third kappa shape index (κ3) is 8.50. The van der Waals surface area contributed by atoms with Gasteiger partial charge < -0.3 is 10.2 Å². The highest BCUT2D eigenvalue weighted by atomic mass is 16.4. The van der Waals surface area contributed by atoms with E-state index in [0.29, 0.717) is 11.1 Å². The van der Waals surface area contributed by atoms with Crippen LogP contribution in [0, 0.1) is 0 Å². The first-order chi connectivity index (χ1) is 12.2. The number of aliphatic carboxylic acids is 1. The van der Waals surface area contributed by atoms with Gasteiger partial charge in [0.2, 0.25) is 5.60 Å². The van der Waals surface area contributed by atoms with Crippen molar-refractivity contribution in [3.05, 3.63) is 71.8 Å². The molecule has 0 aliphatic heterocycles. The van der Waals surface area contributed by atoms with Crippen LogP contribution < -0.4 is 0 Å². The van der Waals surface area contributed by atoms with Crippen molar-refractivity contribution in [3.8, 4) is 0 Å². The molecule has 0 unspecified atom stereocenters. The highest BCUT2D eigenvalue weighted by Gasteiger charge is 2.39. The van der Waals surface area contributed by atoms with E-state index < -0.39 is 11.6 Å². The van der Waals surface area contributed by atoms with E-state index in [1.807, 2.05) is 55.4 Å². The van der Waals surface area contributed by atoms with Crippen LogP contribution in [0.3, 0.4) is 0 Å². The second-order valence-corrected chi connectivity index (χ2v) is 3.75. The molecule has 2 aromatic rings. The standard InChI is InChI=1S/C14H12O3.4C2H6/c15-13(16)14(17,11-7-3-1-4-8-11)12-9-5-2-6-10-12;4*1-2/h1-10,17H,(H,15,16);4*1-2H3. The van der Waals surface area contributed by atoms with Crippen molar-refractivity contribution >= 4 is 5.97 Å². The van der Waals surface area contributed by atoms with Crippen LogP contribution >= 0.6 is 0 Å². The number of carboxylic acids is 1. The fourth-order valence-electron chi connectivity index (χ4n) is 1.77. The van der Waals surface area contributed by atoms with Gasteiger partial charge in [0.05, 0.1) is 0 Å². The van der Waals surface area contributed by atoms with Gasteiger partial charge in [-0.1, -0.05) is 116 Å². The molecule has 0 aliphatic rings. The lowest BCUT2D eigenvalue weighted by molar-refractivity contribution is -0.155. The van der Waals surface area contributed by atoms with Gasteiger partial charge in [-0.2, -0.15) is 0 Å². The molecule has 0 saturated heterocycles. The first-order valence-electron chi connectivity index (χ1n) is 9.22. The maximum atomic E-state index is 11.4. The van der Waals surface area contributed by atoms with Crippen LogP contribution in [0.5, 0.6) is 0 Å². The zero-order valence-electron chi connectivity index (χ0n) is 17.1. The summed E-state index contributed by atoms with van der Waals surface area (Å²) in [4.78, 5) is 11.4. The summed E-state index contributed by atoms with van der Waals surface area (Å²) < 4.78 is 0. The number of carbonyl (C=O) groups is 1. The van der Waals surface area contributed by atoms with E-state index in [2.05, 4.69) is 0 Å². The zero-order chi connectivity index (χ0) is 20.3. The summed E-state index contributed by atoms with van der Waals surface area (Å²) in [5.41, 5.74) is -1.31. The van der Waals surface area contributed by atoms with Crippen molar-refractivity contribution in [2.45, 2.75) is 61.0 Å². The molecule has 0 fully saturated rings. The molecular formula is C22H36O3. The first kappa shape index (κ1) is 27.7. The predicted molar refractivity (Wildman–Crippen MR) is 109 cm³/mol. The fourth-order valence-corrected chi connectivity index (χ4v) is 1.77. The highest BCUT2D eigenvalue weighted by molar-refractivity contribution is 5.83. The summed E-state index contributed by atoms with van der Waals surface area (Å²) in [6, 6.07) is 16.7. The van der Waals surface area contributed by atoms with Gasteiger partial charge in [-0.25, -0.2) is 4.79 Å². The van der Waals surface area contributed by atoms with Gasteiger partial charge >= 0.3 is 5.97 Å². The maximum absolute atomic E-state index is 11.4. The molecule has 25 heavy (non-hydrogen) atoms. The van der Waals surface area contributed by atoms with E-state index in [4.69, 9.17) is 0 Å². The number of aliphatic hydroxyl groups is 1. The summed E-state index contributed by atoms with van der Waals surface area (Å²) in [6.45, 7) is 16.0. The van der Waals surface area contributed by atoms with Gasteiger partial charge in [-0.05, 0) is 11.1 Å². The molecule has 0 radical (unpaired) electrons. The minimum absolute atomic E-state index is 0.346.